The Morgan fingerprint density at radius 2 is 2.04 bits per heavy atom. The van der Waals surface area contributed by atoms with Gasteiger partial charge in [-0.3, -0.25) is 4.79 Å². The van der Waals surface area contributed by atoms with Gasteiger partial charge < -0.3 is 9.74 Å². The van der Waals surface area contributed by atoms with Crippen LogP contribution in [0, 0.1) is 5.82 Å². The van der Waals surface area contributed by atoms with Gasteiger partial charge in [-0.25, -0.2) is 4.39 Å². The van der Waals surface area contributed by atoms with Crippen molar-refractivity contribution in [1.29, 1.82) is 0 Å². The second kappa shape index (κ2) is 8.15. The first-order chi connectivity index (χ1) is 12.6. The summed E-state index contributed by atoms with van der Waals surface area (Å²) in [6, 6.07) is 13.3. The molecule has 4 nitrogen and oxygen atoms in total. The summed E-state index contributed by atoms with van der Waals surface area (Å²) < 4.78 is 13.9. The highest BCUT2D eigenvalue weighted by Gasteiger charge is 2.27. The smallest absolute Gasteiger partial charge is 0.257 e. The molecule has 1 atom stereocenters. The average molecular weight is 373 g/mol. The van der Waals surface area contributed by atoms with Crippen molar-refractivity contribution >= 4 is 23.2 Å². The summed E-state index contributed by atoms with van der Waals surface area (Å²) in [6.45, 7) is 4.26. The number of hydrogen-bond acceptors (Lipinski definition) is 3. The molecule has 1 aliphatic rings. The number of carbonyl (C=O) groups excluding carboxylic acids is 1. The Balaban J connectivity index is 1.68. The van der Waals surface area contributed by atoms with Crippen molar-refractivity contribution in [2.45, 2.75) is 12.5 Å². The third-order valence-electron chi connectivity index (χ3n) is 4.08. The van der Waals surface area contributed by atoms with Crippen molar-refractivity contribution in [3.8, 4) is 0 Å². The van der Waals surface area contributed by atoms with Crippen molar-refractivity contribution in [2.24, 2.45) is 5.16 Å². The highest BCUT2D eigenvalue weighted by Crippen LogP contribution is 2.20. The normalized spacial score (nSPS) is 15.9. The van der Waals surface area contributed by atoms with Gasteiger partial charge in [0, 0.05) is 18.0 Å². The van der Waals surface area contributed by atoms with E-state index in [2.05, 4.69) is 11.7 Å². The lowest BCUT2D eigenvalue weighted by Gasteiger charge is -2.23. The van der Waals surface area contributed by atoms with E-state index in [0.29, 0.717) is 24.5 Å². The van der Waals surface area contributed by atoms with E-state index in [-0.39, 0.29) is 11.7 Å². The Bertz CT molecular complexity index is 836. The third-order valence-corrected chi connectivity index (χ3v) is 4.33. The Kier molecular flexibility index (Phi) is 5.68. The maximum atomic E-state index is 13.9. The second-order valence-electron chi connectivity index (χ2n) is 5.96. The van der Waals surface area contributed by atoms with Crippen molar-refractivity contribution in [3.63, 3.8) is 0 Å². The molecule has 1 heterocycles. The Labute approximate surface area is 156 Å². The summed E-state index contributed by atoms with van der Waals surface area (Å²) >= 11 is 5.90. The zero-order valence-corrected chi connectivity index (χ0v) is 14.8. The lowest BCUT2D eigenvalue weighted by atomic mass is 10.0. The number of hydrogen-bond donors (Lipinski definition) is 0. The minimum atomic E-state index is -0.544. The largest absolute Gasteiger partial charge is 0.390 e. The van der Waals surface area contributed by atoms with Crippen LogP contribution in [0.4, 0.5) is 4.39 Å². The number of amides is 1. The molecule has 2 aromatic carbocycles. The molecule has 0 radical (unpaired) electrons. The molecule has 3 rings (SSSR count). The fourth-order valence-corrected chi connectivity index (χ4v) is 2.91. The fourth-order valence-electron chi connectivity index (χ4n) is 2.79. The van der Waals surface area contributed by atoms with Gasteiger partial charge in [-0.1, -0.05) is 47.1 Å². The van der Waals surface area contributed by atoms with Crippen LogP contribution in [0.15, 0.2) is 66.3 Å². The molecule has 1 amide bonds. The molecule has 6 heteroatoms. The van der Waals surface area contributed by atoms with Gasteiger partial charge in [0.2, 0.25) is 0 Å². The van der Waals surface area contributed by atoms with E-state index >= 15 is 0 Å². The molecule has 2 aromatic rings. The minimum absolute atomic E-state index is 0.0335. The first-order valence-corrected chi connectivity index (χ1v) is 8.59. The van der Waals surface area contributed by atoms with E-state index < -0.39 is 11.7 Å². The van der Waals surface area contributed by atoms with Gasteiger partial charge in [-0.05, 0) is 29.8 Å². The molecule has 0 saturated heterocycles. The van der Waals surface area contributed by atoms with E-state index in [1.807, 2.05) is 12.1 Å². The maximum Gasteiger partial charge on any atom is 0.257 e. The molecule has 0 aliphatic carbocycles. The summed E-state index contributed by atoms with van der Waals surface area (Å²) in [6.07, 6.45) is 1.87. The summed E-state index contributed by atoms with van der Waals surface area (Å²) in [7, 11) is 0. The van der Waals surface area contributed by atoms with Gasteiger partial charge in [0.1, 0.15) is 5.82 Å². The van der Waals surface area contributed by atoms with Gasteiger partial charge in [0.25, 0.3) is 5.91 Å². The quantitative estimate of drug-likeness (QED) is 0.709. The van der Waals surface area contributed by atoms with Gasteiger partial charge in [-0.15, -0.1) is 6.58 Å². The molecule has 0 spiro atoms. The molecule has 134 valence electrons. The van der Waals surface area contributed by atoms with Gasteiger partial charge >= 0.3 is 0 Å². The Hall–Kier alpha value is -2.66. The lowest BCUT2D eigenvalue weighted by molar-refractivity contribution is 0.0447. The fraction of sp³-hybridized carbons (Fsp3) is 0.200. The molecular formula is C20H18ClFN2O2. The van der Waals surface area contributed by atoms with E-state index in [1.54, 1.807) is 30.3 Å². The summed E-state index contributed by atoms with van der Waals surface area (Å²) in [5.41, 5.74) is 1.75. The van der Waals surface area contributed by atoms with Crippen LogP contribution >= 0.6 is 11.6 Å². The first-order valence-electron chi connectivity index (χ1n) is 8.22. The Morgan fingerprint density at radius 3 is 2.73 bits per heavy atom. The van der Waals surface area contributed by atoms with Crippen LogP contribution in [0.25, 0.3) is 0 Å². The van der Waals surface area contributed by atoms with Gasteiger partial charge in [0.15, 0.2) is 6.10 Å². The molecule has 0 unspecified atom stereocenters. The van der Waals surface area contributed by atoms with Crippen molar-refractivity contribution in [3.05, 3.63) is 83.2 Å². The number of benzene rings is 2. The van der Waals surface area contributed by atoms with Crippen LogP contribution in [0.1, 0.15) is 22.3 Å². The summed E-state index contributed by atoms with van der Waals surface area (Å²) in [4.78, 5) is 19.6. The summed E-state index contributed by atoms with van der Waals surface area (Å²) in [5.74, 6) is -0.941. The molecule has 0 fully saturated rings. The van der Waals surface area contributed by atoms with Crippen LogP contribution in [-0.4, -0.2) is 35.7 Å². The standard InChI is InChI=1S/C20H18ClFN2O2/c1-2-11-24(20(25)17-5-3-4-6-18(17)22)13-16-12-19(23-26-16)14-7-9-15(21)10-8-14/h2-10,16H,1,11-13H2/t16-/m0/s1. The van der Waals surface area contributed by atoms with Crippen LogP contribution < -0.4 is 0 Å². The molecule has 0 bridgehead atoms. The van der Waals surface area contributed by atoms with Gasteiger partial charge in [0.05, 0.1) is 17.8 Å². The predicted octanol–water partition coefficient (Wildman–Crippen LogP) is 4.30. The van der Waals surface area contributed by atoms with Crippen LogP contribution in [-0.2, 0) is 4.84 Å². The van der Waals surface area contributed by atoms with E-state index in [1.165, 1.54) is 17.0 Å². The SMILES string of the molecule is C=CCN(C[C@@H]1CC(c2ccc(Cl)cc2)=NO1)C(=O)c1ccccc1F. The number of rotatable bonds is 6. The van der Waals surface area contributed by atoms with Crippen LogP contribution in [0.3, 0.4) is 0 Å². The highest BCUT2D eigenvalue weighted by molar-refractivity contribution is 6.30. The lowest BCUT2D eigenvalue weighted by Crippen LogP contribution is -2.38. The van der Waals surface area contributed by atoms with Crippen molar-refractivity contribution in [1.82, 2.24) is 4.90 Å². The number of halogens is 2. The Morgan fingerprint density at radius 1 is 1.31 bits per heavy atom. The number of oxime groups is 1. The summed E-state index contributed by atoms with van der Waals surface area (Å²) in [5, 5.41) is 4.77. The molecule has 26 heavy (non-hydrogen) atoms. The number of carbonyl (C=O) groups is 1. The maximum absolute atomic E-state index is 13.9. The van der Waals surface area contributed by atoms with Crippen LogP contribution in [0.2, 0.25) is 5.02 Å². The van der Waals surface area contributed by atoms with Crippen molar-refractivity contribution < 1.29 is 14.0 Å². The molecule has 0 N–H and O–H groups in total. The molecular weight excluding hydrogens is 355 g/mol. The van der Waals surface area contributed by atoms with E-state index in [9.17, 15) is 9.18 Å². The number of nitrogens with zero attached hydrogens (tertiary/aromatic N) is 2. The zero-order chi connectivity index (χ0) is 18.5. The average Bonchev–Trinajstić information content (AvgIpc) is 3.10. The second-order valence-corrected chi connectivity index (χ2v) is 6.39. The highest BCUT2D eigenvalue weighted by atomic mass is 35.5. The predicted molar refractivity (Wildman–Crippen MR) is 100.0 cm³/mol. The van der Waals surface area contributed by atoms with E-state index in [0.717, 1.165) is 11.3 Å². The molecule has 0 saturated carbocycles. The molecule has 1 aliphatic heterocycles. The minimum Gasteiger partial charge on any atom is -0.390 e. The van der Waals surface area contributed by atoms with Crippen LogP contribution in [0.5, 0.6) is 0 Å². The molecule has 0 aromatic heterocycles. The monoisotopic (exact) mass is 372 g/mol. The van der Waals surface area contributed by atoms with Gasteiger partial charge in [-0.2, -0.15) is 0 Å². The zero-order valence-electron chi connectivity index (χ0n) is 14.1. The van der Waals surface area contributed by atoms with Crippen molar-refractivity contribution in [2.75, 3.05) is 13.1 Å². The topological polar surface area (TPSA) is 41.9 Å². The first kappa shape index (κ1) is 18.1. The third kappa shape index (κ3) is 4.11. The van der Waals surface area contributed by atoms with E-state index in [4.69, 9.17) is 16.4 Å².